The molecule has 19 heavy (non-hydrogen) atoms. The highest BCUT2D eigenvalue weighted by Gasteiger charge is 2.27. The fourth-order valence-electron chi connectivity index (χ4n) is 2.55. The Bertz CT molecular complexity index is 446. The molecule has 0 aliphatic carbocycles. The number of rotatable bonds is 4. The smallest absolute Gasteiger partial charge is 0.241 e. The monoisotopic (exact) mass is 264 g/mol. The number of nitrogens with zero attached hydrogens (tertiary/aromatic N) is 2. The van der Waals surface area contributed by atoms with Crippen molar-refractivity contribution in [1.29, 1.82) is 0 Å². The van der Waals surface area contributed by atoms with E-state index in [1.165, 1.54) is 0 Å². The summed E-state index contributed by atoms with van der Waals surface area (Å²) in [6, 6.07) is 1.99. The van der Waals surface area contributed by atoms with Crippen molar-refractivity contribution in [2.24, 2.45) is 5.41 Å². The summed E-state index contributed by atoms with van der Waals surface area (Å²) >= 11 is 0. The summed E-state index contributed by atoms with van der Waals surface area (Å²) in [5, 5.41) is 10.7. The first-order chi connectivity index (χ1) is 8.98. The number of carbonyl (C=O) groups is 1. The molecular weight excluding hydrogens is 240 g/mol. The molecule has 1 saturated heterocycles. The molecule has 5 nitrogen and oxygen atoms in total. The van der Waals surface area contributed by atoms with Crippen molar-refractivity contribution in [2.75, 3.05) is 19.6 Å². The number of piperidine rings is 1. The van der Waals surface area contributed by atoms with Gasteiger partial charge in [0.2, 0.25) is 5.91 Å². The van der Waals surface area contributed by atoms with E-state index in [0.717, 1.165) is 43.9 Å². The zero-order chi connectivity index (χ0) is 13.9. The number of amides is 1. The molecule has 0 saturated carbocycles. The van der Waals surface area contributed by atoms with Gasteiger partial charge in [0.25, 0.3) is 0 Å². The van der Waals surface area contributed by atoms with Gasteiger partial charge in [0, 0.05) is 12.2 Å². The lowest BCUT2D eigenvalue weighted by Gasteiger charge is -2.34. The second-order valence-corrected chi connectivity index (χ2v) is 5.92. The van der Waals surface area contributed by atoms with Crippen LogP contribution in [-0.2, 0) is 11.3 Å². The van der Waals surface area contributed by atoms with E-state index in [0.29, 0.717) is 6.54 Å². The minimum atomic E-state index is 0.0472. The standard InChI is InChI=1S/C14H24N4O/c1-11-8-12(2)18(17-11)9-13(19)16-10-14(3)4-6-15-7-5-14/h8,15H,4-7,9-10H2,1-3H3,(H,16,19). The maximum absolute atomic E-state index is 12.0. The maximum atomic E-state index is 12.0. The third-order valence-corrected chi connectivity index (χ3v) is 3.92. The van der Waals surface area contributed by atoms with Crippen LogP contribution >= 0.6 is 0 Å². The van der Waals surface area contributed by atoms with E-state index in [-0.39, 0.29) is 11.3 Å². The number of aryl methyl sites for hydroxylation is 2. The van der Waals surface area contributed by atoms with Gasteiger partial charge in [-0.3, -0.25) is 9.48 Å². The maximum Gasteiger partial charge on any atom is 0.241 e. The van der Waals surface area contributed by atoms with Crippen molar-refractivity contribution in [3.63, 3.8) is 0 Å². The van der Waals surface area contributed by atoms with Crippen LogP contribution in [0.3, 0.4) is 0 Å². The van der Waals surface area contributed by atoms with Crippen molar-refractivity contribution in [3.05, 3.63) is 17.5 Å². The molecular formula is C14H24N4O. The summed E-state index contributed by atoms with van der Waals surface area (Å²) in [4.78, 5) is 12.0. The molecule has 1 aromatic rings. The van der Waals surface area contributed by atoms with Crippen LogP contribution in [0, 0.1) is 19.3 Å². The quantitative estimate of drug-likeness (QED) is 0.853. The van der Waals surface area contributed by atoms with Crippen LogP contribution in [0.15, 0.2) is 6.07 Å². The van der Waals surface area contributed by atoms with Gasteiger partial charge in [-0.15, -0.1) is 0 Å². The summed E-state index contributed by atoms with van der Waals surface area (Å²) in [6.45, 7) is 9.32. The molecule has 0 aromatic carbocycles. The molecule has 0 spiro atoms. The second-order valence-electron chi connectivity index (χ2n) is 5.92. The summed E-state index contributed by atoms with van der Waals surface area (Å²) < 4.78 is 1.76. The fourth-order valence-corrected chi connectivity index (χ4v) is 2.55. The van der Waals surface area contributed by atoms with Crippen LogP contribution in [0.25, 0.3) is 0 Å². The van der Waals surface area contributed by atoms with Crippen LogP contribution in [-0.4, -0.2) is 35.3 Å². The Labute approximate surface area is 114 Å². The van der Waals surface area contributed by atoms with Crippen LogP contribution in [0.5, 0.6) is 0 Å². The zero-order valence-electron chi connectivity index (χ0n) is 12.1. The molecule has 0 radical (unpaired) electrons. The van der Waals surface area contributed by atoms with Crippen molar-refractivity contribution < 1.29 is 4.79 Å². The Balaban J connectivity index is 1.83. The summed E-state index contributed by atoms with van der Waals surface area (Å²) in [5.41, 5.74) is 2.21. The van der Waals surface area contributed by atoms with Crippen molar-refractivity contribution in [3.8, 4) is 0 Å². The molecule has 1 aliphatic rings. The van der Waals surface area contributed by atoms with Crippen LogP contribution in [0.4, 0.5) is 0 Å². The van der Waals surface area contributed by atoms with Gasteiger partial charge < -0.3 is 10.6 Å². The number of hydrogen-bond acceptors (Lipinski definition) is 3. The molecule has 0 unspecified atom stereocenters. The van der Waals surface area contributed by atoms with Gasteiger partial charge in [-0.05, 0) is 51.3 Å². The highest BCUT2D eigenvalue weighted by Crippen LogP contribution is 2.26. The Morgan fingerprint density at radius 2 is 2.16 bits per heavy atom. The van der Waals surface area contributed by atoms with Crippen LogP contribution in [0.1, 0.15) is 31.2 Å². The lowest BCUT2D eigenvalue weighted by Crippen LogP contribution is -2.43. The Morgan fingerprint density at radius 3 is 2.74 bits per heavy atom. The lowest BCUT2D eigenvalue weighted by molar-refractivity contribution is -0.122. The summed E-state index contributed by atoms with van der Waals surface area (Å²) in [5.74, 6) is 0.0472. The third-order valence-electron chi connectivity index (χ3n) is 3.92. The van der Waals surface area contributed by atoms with Crippen molar-refractivity contribution in [1.82, 2.24) is 20.4 Å². The number of carbonyl (C=O) groups excluding carboxylic acids is 1. The van der Waals surface area contributed by atoms with E-state index in [1.807, 2.05) is 19.9 Å². The molecule has 2 heterocycles. The van der Waals surface area contributed by atoms with Crippen molar-refractivity contribution in [2.45, 2.75) is 40.2 Å². The van der Waals surface area contributed by atoms with Gasteiger partial charge >= 0.3 is 0 Å². The molecule has 1 fully saturated rings. The Morgan fingerprint density at radius 1 is 1.47 bits per heavy atom. The van der Waals surface area contributed by atoms with Gasteiger partial charge in [-0.25, -0.2) is 0 Å². The number of aromatic nitrogens is 2. The zero-order valence-corrected chi connectivity index (χ0v) is 12.1. The molecule has 2 rings (SSSR count). The largest absolute Gasteiger partial charge is 0.354 e. The SMILES string of the molecule is Cc1cc(C)n(CC(=O)NCC2(C)CCNCC2)n1. The van der Waals surface area contributed by atoms with E-state index in [4.69, 9.17) is 0 Å². The fraction of sp³-hybridized carbons (Fsp3) is 0.714. The molecule has 106 valence electrons. The molecule has 1 aromatic heterocycles. The lowest BCUT2D eigenvalue weighted by atomic mass is 9.81. The first-order valence-corrected chi connectivity index (χ1v) is 6.97. The third kappa shape index (κ3) is 3.80. The number of hydrogen-bond donors (Lipinski definition) is 2. The van der Waals surface area contributed by atoms with Gasteiger partial charge in [0.05, 0.1) is 5.69 Å². The van der Waals surface area contributed by atoms with Gasteiger partial charge in [0.15, 0.2) is 0 Å². The van der Waals surface area contributed by atoms with Crippen molar-refractivity contribution >= 4 is 5.91 Å². The van der Waals surface area contributed by atoms with E-state index in [9.17, 15) is 4.79 Å². The molecule has 0 bridgehead atoms. The first kappa shape index (κ1) is 14.1. The molecule has 1 amide bonds. The van der Waals surface area contributed by atoms with E-state index in [2.05, 4.69) is 22.7 Å². The molecule has 5 heteroatoms. The number of nitrogens with one attached hydrogen (secondary N) is 2. The van der Waals surface area contributed by atoms with Crippen LogP contribution < -0.4 is 10.6 Å². The van der Waals surface area contributed by atoms with Gasteiger partial charge in [-0.2, -0.15) is 5.10 Å². The predicted octanol–water partition coefficient (Wildman–Crippen LogP) is 1.01. The van der Waals surface area contributed by atoms with E-state index >= 15 is 0 Å². The van der Waals surface area contributed by atoms with Gasteiger partial charge in [-0.1, -0.05) is 6.92 Å². The first-order valence-electron chi connectivity index (χ1n) is 6.97. The van der Waals surface area contributed by atoms with E-state index in [1.54, 1.807) is 4.68 Å². The van der Waals surface area contributed by atoms with Crippen LogP contribution in [0.2, 0.25) is 0 Å². The predicted molar refractivity (Wildman–Crippen MR) is 74.9 cm³/mol. The average Bonchev–Trinajstić information content (AvgIpc) is 2.66. The van der Waals surface area contributed by atoms with E-state index < -0.39 is 0 Å². The highest BCUT2D eigenvalue weighted by molar-refractivity contribution is 5.75. The summed E-state index contributed by atoms with van der Waals surface area (Å²) in [7, 11) is 0. The summed E-state index contributed by atoms with van der Waals surface area (Å²) in [6.07, 6.45) is 2.24. The minimum absolute atomic E-state index is 0.0472. The molecule has 0 atom stereocenters. The second kappa shape index (κ2) is 5.74. The Hall–Kier alpha value is -1.36. The normalized spacial score (nSPS) is 18.3. The Kier molecular flexibility index (Phi) is 4.24. The minimum Gasteiger partial charge on any atom is -0.354 e. The molecule has 1 aliphatic heterocycles. The van der Waals surface area contributed by atoms with Gasteiger partial charge in [0.1, 0.15) is 6.54 Å². The average molecular weight is 264 g/mol. The molecule has 2 N–H and O–H groups in total. The highest BCUT2D eigenvalue weighted by atomic mass is 16.2. The topological polar surface area (TPSA) is 59.0 Å².